The third-order valence-corrected chi connectivity index (χ3v) is 4.86. The molecule has 0 atom stereocenters. The highest BCUT2D eigenvalue weighted by Gasteiger charge is 2.36. The fourth-order valence-electron chi connectivity index (χ4n) is 3.26. The number of hydrogen-bond donors (Lipinski definition) is 1. The van der Waals surface area contributed by atoms with Crippen LogP contribution in [0.2, 0.25) is 0 Å². The smallest absolute Gasteiger partial charge is 0.335 e. The summed E-state index contributed by atoms with van der Waals surface area (Å²) in [6.45, 7) is 1.97. The van der Waals surface area contributed by atoms with Crippen molar-refractivity contribution in [3.05, 3.63) is 71.3 Å². The van der Waals surface area contributed by atoms with Crippen molar-refractivity contribution in [2.24, 2.45) is 0 Å². The number of terminal acetylenes is 1. The van der Waals surface area contributed by atoms with Crippen LogP contribution >= 0.6 is 0 Å². The number of aromatic carboxylic acids is 1. The molecule has 0 bridgehead atoms. The van der Waals surface area contributed by atoms with Crippen LogP contribution in [-0.2, 0) is 18.9 Å². The highest BCUT2D eigenvalue weighted by atomic mass is 19.3. The van der Waals surface area contributed by atoms with Crippen LogP contribution in [0.15, 0.2) is 48.5 Å². The molecule has 0 aliphatic rings. The van der Waals surface area contributed by atoms with E-state index < -0.39 is 17.7 Å². The van der Waals surface area contributed by atoms with Gasteiger partial charge in [-0.3, -0.25) is 0 Å². The Morgan fingerprint density at radius 3 is 2.58 bits per heavy atom. The van der Waals surface area contributed by atoms with Gasteiger partial charge in [0.05, 0.1) is 12.1 Å². The number of hydrogen-bond acceptors (Lipinski definition) is 3. The predicted molar refractivity (Wildman–Crippen MR) is 114 cm³/mol. The monoisotopic (exact) mass is 423 g/mol. The molecule has 31 heavy (non-hydrogen) atoms. The second kappa shape index (κ2) is 9.52. The van der Waals surface area contributed by atoms with E-state index in [2.05, 4.69) is 16.0 Å². The summed E-state index contributed by atoms with van der Waals surface area (Å²) in [5.41, 5.74) is 2.70. The number of aromatic nitrogens is 3. The molecule has 0 amide bonds. The van der Waals surface area contributed by atoms with E-state index >= 15 is 0 Å². The van der Waals surface area contributed by atoms with Gasteiger partial charge in [-0.1, -0.05) is 43.3 Å². The molecule has 0 saturated carbocycles. The number of carboxylic acids is 1. The number of aryl methyl sites for hydroxylation is 1. The topological polar surface area (TPSA) is 68.0 Å². The fourth-order valence-corrected chi connectivity index (χ4v) is 3.26. The van der Waals surface area contributed by atoms with Gasteiger partial charge in [-0.2, -0.15) is 8.78 Å². The maximum Gasteiger partial charge on any atom is 0.335 e. The van der Waals surface area contributed by atoms with E-state index in [9.17, 15) is 13.6 Å². The first-order chi connectivity index (χ1) is 14.8. The lowest BCUT2D eigenvalue weighted by Crippen LogP contribution is -2.15. The fraction of sp³-hybridized carbons (Fsp3) is 0.292. The van der Waals surface area contributed by atoms with Gasteiger partial charge in [-0.15, -0.1) is 17.4 Å². The number of rotatable bonds is 9. The minimum absolute atomic E-state index is 0.211. The summed E-state index contributed by atoms with van der Waals surface area (Å²) in [7, 11) is 0. The van der Waals surface area contributed by atoms with Gasteiger partial charge in [0.25, 0.3) is 0 Å². The van der Waals surface area contributed by atoms with Crippen LogP contribution in [-0.4, -0.2) is 25.8 Å². The molecule has 0 radical (unpaired) electrons. The lowest BCUT2D eigenvalue weighted by atomic mass is 10.0. The van der Waals surface area contributed by atoms with Crippen LogP contribution < -0.4 is 0 Å². The number of benzene rings is 2. The van der Waals surface area contributed by atoms with Gasteiger partial charge in [0, 0.05) is 19.3 Å². The van der Waals surface area contributed by atoms with Crippen LogP contribution in [0.25, 0.3) is 11.1 Å². The molecule has 1 N–H and O–H groups in total. The number of nitrogens with zero attached hydrogens (tertiary/aromatic N) is 3. The predicted octanol–water partition coefficient (Wildman–Crippen LogP) is 5.15. The molecule has 2 aromatic carbocycles. The summed E-state index contributed by atoms with van der Waals surface area (Å²) in [4.78, 5) is 15.3. The average molecular weight is 423 g/mol. The number of carbonyl (C=O) groups is 1. The van der Waals surface area contributed by atoms with E-state index in [1.807, 2.05) is 30.3 Å². The number of alkyl halides is 2. The van der Waals surface area contributed by atoms with E-state index in [4.69, 9.17) is 11.5 Å². The maximum absolute atomic E-state index is 14.3. The van der Waals surface area contributed by atoms with E-state index in [-0.39, 0.29) is 18.5 Å². The van der Waals surface area contributed by atoms with E-state index in [0.29, 0.717) is 25.1 Å². The van der Waals surface area contributed by atoms with Crippen molar-refractivity contribution in [2.75, 3.05) is 0 Å². The molecular formula is C24H23F2N3O2. The molecule has 0 aliphatic heterocycles. The first-order valence-electron chi connectivity index (χ1n) is 10.0. The largest absolute Gasteiger partial charge is 0.478 e. The second-order valence-electron chi connectivity index (χ2n) is 7.25. The van der Waals surface area contributed by atoms with Crippen LogP contribution in [0, 0.1) is 12.3 Å². The molecule has 0 fully saturated rings. The Kier molecular flexibility index (Phi) is 6.81. The first-order valence-corrected chi connectivity index (χ1v) is 10.0. The Morgan fingerprint density at radius 1 is 1.19 bits per heavy atom. The molecule has 0 saturated heterocycles. The molecule has 1 aromatic heterocycles. The van der Waals surface area contributed by atoms with Crippen LogP contribution in [0.1, 0.15) is 53.8 Å². The second-order valence-corrected chi connectivity index (χ2v) is 7.25. The van der Waals surface area contributed by atoms with Gasteiger partial charge >= 0.3 is 11.9 Å². The van der Waals surface area contributed by atoms with Crippen LogP contribution in [0.3, 0.4) is 0 Å². The van der Waals surface area contributed by atoms with E-state index in [0.717, 1.165) is 16.7 Å². The Balaban J connectivity index is 1.85. The minimum atomic E-state index is -3.08. The van der Waals surface area contributed by atoms with Gasteiger partial charge in [-0.05, 0) is 35.2 Å². The summed E-state index contributed by atoms with van der Waals surface area (Å²) in [5.74, 6) is -1.59. The molecule has 5 nitrogen and oxygen atoms in total. The van der Waals surface area contributed by atoms with Gasteiger partial charge in [0.15, 0.2) is 0 Å². The summed E-state index contributed by atoms with van der Waals surface area (Å²) < 4.78 is 30.1. The summed E-state index contributed by atoms with van der Waals surface area (Å²) >= 11 is 0. The molecule has 0 aliphatic carbocycles. The van der Waals surface area contributed by atoms with E-state index in [1.165, 1.54) is 10.7 Å². The highest BCUT2D eigenvalue weighted by molar-refractivity contribution is 5.89. The average Bonchev–Trinajstić information content (AvgIpc) is 3.16. The van der Waals surface area contributed by atoms with Crippen LogP contribution in [0.5, 0.6) is 0 Å². The maximum atomic E-state index is 14.3. The van der Waals surface area contributed by atoms with Crippen molar-refractivity contribution in [1.29, 1.82) is 0 Å². The number of carboxylic acid groups (broad SMARTS) is 1. The van der Waals surface area contributed by atoms with Gasteiger partial charge in [-0.25, -0.2) is 14.5 Å². The van der Waals surface area contributed by atoms with Crippen molar-refractivity contribution in [1.82, 2.24) is 14.8 Å². The molecule has 3 rings (SSSR count). The van der Waals surface area contributed by atoms with Gasteiger partial charge in [0.2, 0.25) is 5.82 Å². The van der Waals surface area contributed by atoms with Crippen LogP contribution in [0.4, 0.5) is 8.78 Å². The first kappa shape index (κ1) is 22.2. The normalized spacial score (nSPS) is 11.3. The zero-order valence-electron chi connectivity index (χ0n) is 17.2. The van der Waals surface area contributed by atoms with Crippen molar-refractivity contribution in [3.63, 3.8) is 0 Å². The summed E-state index contributed by atoms with van der Waals surface area (Å²) in [5, 5.41) is 13.2. The lowest BCUT2D eigenvalue weighted by molar-refractivity contribution is -0.0232. The Morgan fingerprint density at radius 2 is 1.94 bits per heavy atom. The Labute approximate surface area is 179 Å². The standard InChI is InChI=1S/C24H23F2N3O2/c1-3-5-9-21-27-23(24(25,26)14-4-2)28-29(21)16-17-10-12-18(13-11-17)19-7-6-8-20(15-19)22(30)31/h1,6-8,10-13,15H,4-5,9,14,16H2,2H3,(H,30,31). The Hall–Kier alpha value is -3.53. The highest BCUT2D eigenvalue weighted by Crippen LogP contribution is 2.31. The molecule has 7 heteroatoms. The van der Waals surface area contributed by atoms with Crippen molar-refractivity contribution in [3.8, 4) is 23.5 Å². The van der Waals surface area contributed by atoms with Crippen molar-refractivity contribution >= 4 is 5.97 Å². The van der Waals surface area contributed by atoms with Gasteiger partial charge < -0.3 is 5.11 Å². The van der Waals surface area contributed by atoms with Crippen molar-refractivity contribution < 1.29 is 18.7 Å². The minimum Gasteiger partial charge on any atom is -0.478 e. The zero-order chi connectivity index (χ0) is 22.4. The summed E-state index contributed by atoms with van der Waals surface area (Å²) in [6, 6.07) is 14.1. The third-order valence-electron chi connectivity index (χ3n) is 4.86. The zero-order valence-corrected chi connectivity index (χ0v) is 17.2. The Bertz CT molecular complexity index is 1100. The molecule has 160 valence electrons. The lowest BCUT2D eigenvalue weighted by Gasteiger charge is -2.10. The van der Waals surface area contributed by atoms with E-state index in [1.54, 1.807) is 19.1 Å². The van der Waals surface area contributed by atoms with Gasteiger partial charge in [0.1, 0.15) is 5.82 Å². The SMILES string of the molecule is C#CCCc1nc(C(F)(F)CCC)nn1Cc1ccc(-c2cccc(C(=O)O)c2)cc1. The molecule has 0 spiro atoms. The third kappa shape index (κ3) is 5.34. The molecule has 3 aromatic rings. The number of halogens is 2. The van der Waals surface area contributed by atoms with Crippen molar-refractivity contribution in [2.45, 2.75) is 45.1 Å². The molecule has 0 unspecified atom stereocenters. The quantitative estimate of drug-likeness (QED) is 0.484. The summed E-state index contributed by atoms with van der Waals surface area (Å²) in [6.07, 6.45) is 6.10. The molecule has 1 heterocycles. The molecular weight excluding hydrogens is 400 g/mol.